The maximum absolute atomic E-state index is 12.1. The van der Waals surface area contributed by atoms with Crippen molar-refractivity contribution in [3.05, 3.63) is 46.6 Å². The summed E-state index contributed by atoms with van der Waals surface area (Å²) in [7, 11) is 1.31. The molecule has 1 amide bonds. The quantitative estimate of drug-likeness (QED) is 0.169. The van der Waals surface area contributed by atoms with Crippen molar-refractivity contribution in [2.24, 2.45) is 11.8 Å². The van der Waals surface area contributed by atoms with Crippen LogP contribution >= 0.6 is 0 Å². The van der Waals surface area contributed by atoms with Gasteiger partial charge in [-0.3, -0.25) is 0 Å². The van der Waals surface area contributed by atoms with Crippen LogP contribution in [0.15, 0.2) is 46.6 Å². The third kappa shape index (κ3) is 17.2. The number of hydrogen-bond donors (Lipinski definition) is 1. The van der Waals surface area contributed by atoms with Crippen molar-refractivity contribution >= 4 is 12.1 Å². The molecule has 0 rings (SSSR count). The average Bonchev–Trinajstić information content (AvgIpc) is 2.75. The standard InChI is InChI=1S/C31H53NO4/c1-22(2)20-27(8)21-26(7)18-12-16-24(5)14-11-15-25(6)17-13-19-28(9)36-31(34)32-29(23(3)4)30(33)35-10/h14,17-18,20,23,27-29H,11-13,15-16,19,21H2,1-10H3,(H,32,34)/b24-14+,25-17+,26-18+. The van der Waals surface area contributed by atoms with E-state index in [2.05, 4.69) is 71.2 Å². The first-order valence-electron chi connectivity index (χ1n) is 13.5. The number of allylic oxidation sites excluding steroid dienone is 8. The highest BCUT2D eigenvalue weighted by atomic mass is 16.6. The van der Waals surface area contributed by atoms with E-state index in [1.807, 2.05) is 20.8 Å². The molecule has 3 atom stereocenters. The Morgan fingerprint density at radius 1 is 0.806 bits per heavy atom. The number of ether oxygens (including phenoxy) is 2. The smallest absolute Gasteiger partial charge is 0.408 e. The molecule has 0 heterocycles. The Bertz CT molecular complexity index is 784. The second kappa shape index (κ2) is 18.9. The van der Waals surface area contributed by atoms with E-state index in [9.17, 15) is 9.59 Å². The van der Waals surface area contributed by atoms with Crippen molar-refractivity contribution in [1.82, 2.24) is 5.32 Å². The predicted molar refractivity (Wildman–Crippen MR) is 152 cm³/mol. The molecule has 0 fully saturated rings. The summed E-state index contributed by atoms with van der Waals surface area (Å²) in [6.45, 7) is 18.8. The van der Waals surface area contributed by atoms with Gasteiger partial charge in [0.2, 0.25) is 0 Å². The third-order valence-electron chi connectivity index (χ3n) is 6.09. The molecular formula is C31H53NO4. The fraction of sp³-hybridized carbons (Fsp3) is 0.677. The summed E-state index contributed by atoms with van der Waals surface area (Å²) in [5, 5.41) is 2.61. The topological polar surface area (TPSA) is 64.6 Å². The molecule has 206 valence electrons. The molecule has 0 bridgehead atoms. The van der Waals surface area contributed by atoms with Crippen LogP contribution in [0, 0.1) is 11.8 Å². The summed E-state index contributed by atoms with van der Waals surface area (Å²) in [6.07, 6.45) is 15.5. The fourth-order valence-corrected chi connectivity index (χ4v) is 4.11. The highest BCUT2D eigenvalue weighted by Crippen LogP contribution is 2.17. The maximum atomic E-state index is 12.1. The number of nitrogens with one attached hydrogen (secondary N) is 1. The number of hydrogen-bond acceptors (Lipinski definition) is 4. The molecular weight excluding hydrogens is 450 g/mol. The molecule has 0 aliphatic heterocycles. The highest BCUT2D eigenvalue weighted by molar-refractivity contribution is 5.81. The number of carbonyl (C=O) groups is 2. The molecule has 0 aromatic heterocycles. The first-order valence-corrected chi connectivity index (χ1v) is 13.5. The van der Waals surface area contributed by atoms with Crippen molar-refractivity contribution < 1.29 is 19.1 Å². The molecule has 0 spiro atoms. The van der Waals surface area contributed by atoms with E-state index in [1.165, 1.54) is 29.4 Å². The molecule has 1 N–H and O–H groups in total. The number of amides is 1. The van der Waals surface area contributed by atoms with Crippen LogP contribution in [0.5, 0.6) is 0 Å². The SMILES string of the molecule is COC(=O)C(NC(=O)OC(C)CC/C=C(\C)CC/C=C(\C)CC/C=C(\C)CC(C)C=C(C)C)C(C)C. The number of rotatable bonds is 16. The molecule has 0 saturated heterocycles. The van der Waals surface area contributed by atoms with E-state index in [1.54, 1.807) is 0 Å². The monoisotopic (exact) mass is 503 g/mol. The number of methoxy groups -OCH3 is 1. The van der Waals surface area contributed by atoms with Crippen molar-refractivity contribution in [2.45, 2.75) is 119 Å². The largest absolute Gasteiger partial charge is 0.467 e. The lowest BCUT2D eigenvalue weighted by Crippen LogP contribution is -2.45. The Morgan fingerprint density at radius 2 is 1.33 bits per heavy atom. The van der Waals surface area contributed by atoms with Gasteiger partial charge in [-0.05, 0) is 98.3 Å². The molecule has 0 aromatic carbocycles. The fourth-order valence-electron chi connectivity index (χ4n) is 4.11. The molecule has 0 saturated carbocycles. The minimum atomic E-state index is -0.704. The highest BCUT2D eigenvalue weighted by Gasteiger charge is 2.26. The van der Waals surface area contributed by atoms with Crippen LogP contribution in [-0.2, 0) is 14.3 Å². The Morgan fingerprint density at radius 3 is 1.83 bits per heavy atom. The predicted octanol–water partition coefficient (Wildman–Crippen LogP) is 8.47. The van der Waals surface area contributed by atoms with Crippen LogP contribution in [0.1, 0.15) is 107 Å². The normalized spacial score (nSPS) is 15.2. The number of esters is 1. The summed E-state index contributed by atoms with van der Waals surface area (Å²) >= 11 is 0. The minimum Gasteiger partial charge on any atom is -0.467 e. The Kier molecular flexibility index (Phi) is 17.7. The van der Waals surface area contributed by atoms with Gasteiger partial charge in [0.25, 0.3) is 0 Å². The number of alkyl carbamates (subject to hydrolysis) is 1. The van der Waals surface area contributed by atoms with Gasteiger partial charge in [-0.2, -0.15) is 0 Å². The molecule has 36 heavy (non-hydrogen) atoms. The van der Waals surface area contributed by atoms with Crippen LogP contribution in [0.25, 0.3) is 0 Å². The van der Waals surface area contributed by atoms with Crippen molar-refractivity contribution in [3.8, 4) is 0 Å². The minimum absolute atomic E-state index is 0.0782. The summed E-state index contributed by atoms with van der Waals surface area (Å²) in [4.78, 5) is 23.9. The molecule has 5 nitrogen and oxygen atoms in total. The van der Waals surface area contributed by atoms with E-state index in [-0.39, 0.29) is 12.0 Å². The van der Waals surface area contributed by atoms with Crippen molar-refractivity contribution in [2.75, 3.05) is 7.11 Å². The number of carbonyl (C=O) groups excluding carboxylic acids is 2. The van der Waals surface area contributed by atoms with E-state index in [0.717, 1.165) is 44.9 Å². The lowest BCUT2D eigenvalue weighted by Gasteiger charge is -2.21. The first-order chi connectivity index (χ1) is 16.8. The van der Waals surface area contributed by atoms with Gasteiger partial charge < -0.3 is 14.8 Å². The van der Waals surface area contributed by atoms with Crippen LogP contribution in [0.3, 0.4) is 0 Å². The third-order valence-corrected chi connectivity index (χ3v) is 6.09. The van der Waals surface area contributed by atoms with Gasteiger partial charge in [-0.25, -0.2) is 9.59 Å². The van der Waals surface area contributed by atoms with E-state index in [0.29, 0.717) is 5.92 Å². The first kappa shape index (κ1) is 33.7. The van der Waals surface area contributed by atoms with Gasteiger partial charge in [0.15, 0.2) is 0 Å². The summed E-state index contributed by atoms with van der Waals surface area (Å²) in [6, 6.07) is -0.704. The van der Waals surface area contributed by atoms with Crippen LogP contribution in [-0.4, -0.2) is 31.3 Å². The van der Waals surface area contributed by atoms with Crippen molar-refractivity contribution in [3.63, 3.8) is 0 Å². The molecule has 5 heteroatoms. The van der Waals surface area contributed by atoms with Crippen LogP contribution < -0.4 is 5.32 Å². The zero-order chi connectivity index (χ0) is 27.7. The zero-order valence-electron chi connectivity index (χ0n) is 24.7. The van der Waals surface area contributed by atoms with Gasteiger partial charge in [0, 0.05) is 0 Å². The van der Waals surface area contributed by atoms with Crippen LogP contribution in [0.2, 0.25) is 0 Å². The Balaban J connectivity index is 4.31. The van der Waals surface area contributed by atoms with E-state index >= 15 is 0 Å². The van der Waals surface area contributed by atoms with Crippen molar-refractivity contribution in [1.29, 1.82) is 0 Å². The zero-order valence-corrected chi connectivity index (χ0v) is 24.7. The van der Waals surface area contributed by atoms with Gasteiger partial charge in [0.1, 0.15) is 12.1 Å². The summed E-state index contributed by atoms with van der Waals surface area (Å²) in [5.74, 6) is 0.0625. The molecule has 0 aromatic rings. The second-order valence-corrected chi connectivity index (χ2v) is 10.8. The van der Waals surface area contributed by atoms with E-state index in [4.69, 9.17) is 9.47 Å². The molecule has 0 radical (unpaired) electrons. The Labute approximate surface area is 221 Å². The lowest BCUT2D eigenvalue weighted by molar-refractivity contribution is -0.144. The molecule has 3 unspecified atom stereocenters. The summed E-state index contributed by atoms with van der Waals surface area (Å²) in [5.41, 5.74) is 5.67. The second-order valence-electron chi connectivity index (χ2n) is 10.8. The van der Waals surface area contributed by atoms with Crippen LogP contribution in [0.4, 0.5) is 4.79 Å². The Hall–Kier alpha value is -2.30. The average molecular weight is 504 g/mol. The molecule has 0 aliphatic carbocycles. The summed E-state index contributed by atoms with van der Waals surface area (Å²) < 4.78 is 10.2. The van der Waals surface area contributed by atoms with Gasteiger partial charge >= 0.3 is 12.1 Å². The maximum Gasteiger partial charge on any atom is 0.408 e. The van der Waals surface area contributed by atoms with Gasteiger partial charge in [-0.15, -0.1) is 0 Å². The van der Waals surface area contributed by atoms with E-state index < -0.39 is 18.1 Å². The van der Waals surface area contributed by atoms with Gasteiger partial charge in [-0.1, -0.05) is 67.4 Å². The van der Waals surface area contributed by atoms with Gasteiger partial charge in [0.05, 0.1) is 7.11 Å². The lowest BCUT2D eigenvalue weighted by atomic mass is 9.98. The molecule has 0 aliphatic rings.